The number of rotatable bonds is 7. The number of hydrogen-bond acceptors (Lipinski definition) is 4. The second-order valence-electron chi connectivity index (χ2n) is 5.62. The van der Waals surface area contributed by atoms with Gasteiger partial charge in [0, 0.05) is 18.0 Å². The van der Waals surface area contributed by atoms with Crippen molar-refractivity contribution in [2.45, 2.75) is 23.7 Å². The second-order valence-corrected chi connectivity index (χ2v) is 6.63. The van der Waals surface area contributed by atoms with Crippen molar-refractivity contribution < 1.29 is 18.4 Å². The van der Waals surface area contributed by atoms with E-state index in [0.29, 0.717) is 4.90 Å². The maximum absolute atomic E-state index is 13.2. The molecule has 2 rings (SSSR count). The second kappa shape index (κ2) is 8.43. The van der Waals surface area contributed by atoms with E-state index >= 15 is 0 Å². The lowest BCUT2D eigenvalue weighted by atomic mass is 10.2. The first-order chi connectivity index (χ1) is 11.4. The van der Waals surface area contributed by atoms with E-state index in [1.54, 1.807) is 29.2 Å². The summed E-state index contributed by atoms with van der Waals surface area (Å²) in [5, 5.41) is 2.20. The molecule has 1 fully saturated rings. The molecule has 132 valence electrons. The minimum absolute atomic E-state index is 0.0300. The Balaban J connectivity index is 1.96. The fourth-order valence-corrected chi connectivity index (χ4v) is 3.31. The summed E-state index contributed by atoms with van der Waals surface area (Å²) in [5.41, 5.74) is 5.24. The number of likely N-dealkylation sites (tertiary alicyclic amines) is 1. The van der Waals surface area contributed by atoms with E-state index in [0.717, 1.165) is 25.9 Å². The van der Waals surface area contributed by atoms with Gasteiger partial charge in [0.25, 0.3) is 11.8 Å². The van der Waals surface area contributed by atoms with Crippen LogP contribution in [0.1, 0.15) is 23.2 Å². The molecule has 0 aromatic heterocycles. The fourth-order valence-electron chi connectivity index (χ4n) is 2.35. The van der Waals surface area contributed by atoms with Crippen molar-refractivity contribution in [3.8, 4) is 0 Å². The Bertz CT molecular complexity index is 592. The number of nitrogens with zero attached hydrogens (tertiary/aromatic N) is 1. The van der Waals surface area contributed by atoms with Crippen molar-refractivity contribution in [2.75, 3.05) is 31.9 Å². The fraction of sp³-hybridized carbons (Fsp3) is 0.500. The number of thioether (sulfide) groups is 1. The number of halogens is 2. The molecule has 0 aliphatic carbocycles. The van der Waals surface area contributed by atoms with Crippen LogP contribution in [-0.2, 0) is 4.79 Å². The number of hydrogen-bond donors (Lipinski definition) is 2. The molecule has 1 aliphatic rings. The van der Waals surface area contributed by atoms with Crippen LogP contribution in [0, 0.1) is 0 Å². The van der Waals surface area contributed by atoms with Gasteiger partial charge in [0.1, 0.15) is 0 Å². The topological polar surface area (TPSA) is 75.4 Å². The van der Waals surface area contributed by atoms with E-state index in [2.05, 4.69) is 5.32 Å². The van der Waals surface area contributed by atoms with Crippen molar-refractivity contribution in [3.05, 3.63) is 29.8 Å². The highest BCUT2D eigenvalue weighted by molar-refractivity contribution is 8.00. The van der Waals surface area contributed by atoms with E-state index in [1.165, 1.54) is 11.8 Å². The molecule has 1 aromatic carbocycles. The lowest BCUT2D eigenvalue weighted by Crippen LogP contribution is -2.41. The van der Waals surface area contributed by atoms with E-state index in [-0.39, 0.29) is 17.2 Å². The van der Waals surface area contributed by atoms with Crippen molar-refractivity contribution in [1.29, 1.82) is 0 Å². The van der Waals surface area contributed by atoms with Crippen LogP contribution in [0.25, 0.3) is 0 Å². The third-order valence-corrected chi connectivity index (χ3v) is 4.81. The molecule has 0 bridgehead atoms. The van der Waals surface area contributed by atoms with Crippen LogP contribution in [0.4, 0.5) is 8.78 Å². The molecule has 1 saturated heterocycles. The average Bonchev–Trinajstić information content (AvgIpc) is 3.12. The maximum Gasteiger partial charge on any atom is 0.277 e. The summed E-state index contributed by atoms with van der Waals surface area (Å²) < 4.78 is 26.3. The lowest BCUT2D eigenvalue weighted by Gasteiger charge is -2.17. The van der Waals surface area contributed by atoms with Gasteiger partial charge in [-0.05, 0) is 25.0 Å². The van der Waals surface area contributed by atoms with E-state index in [9.17, 15) is 18.4 Å². The molecular formula is C16H21F2N3O2S. The average molecular weight is 357 g/mol. The maximum atomic E-state index is 13.2. The van der Waals surface area contributed by atoms with Gasteiger partial charge in [0.15, 0.2) is 0 Å². The zero-order valence-corrected chi connectivity index (χ0v) is 14.1. The van der Waals surface area contributed by atoms with Crippen LogP contribution >= 0.6 is 11.8 Å². The SMILES string of the molecule is NCC(F)(F)CNC(=O)c1ccccc1SCC(=O)N1CCCC1. The molecule has 0 radical (unpaired) electrons. The van der Waals surface area contributed by atoms with Crippen LogP contribution in [-0.4, -0.2) is 54.6 Å². The number of nitrogens with two attached hydrogens (primary N) is 1. The molecule has 0 spiro atoms. The number of nitrogens with one attached hydrogen (secondary N) is 1. The Hall–Kier alpha value is -1.67. The molecule has 0 saturated carbocycles. The van der Waals surface area contributed by atoms with Gasteiger partial charge < -0.3 is 16.0 Å². The first-order valence-electron chi connectivity index (χ1n) is 7.78. The standard InChI is InChI=1S/C16H21F2N3O2S/c17-16(18,10-19)11-20-15(23)12-5-1-2-6-13(12)24-9-14(22)21-7-3-4-8-21/h1-2,5-6H,3-4,7-11,19H2,(H,20,23). The summed E-state index contributed by atoms with van der Waals surface area (Å²) in [6.07, 6.45) is 2.04. The van der Waals surface area contributed by atoms with Gasteiger partial charge in [-0.3, -0.25) is 9.59 Å². The number of alkyl halides is 2. The van der Waals surface area contributed by atoms with Crippen molar-refractivity contribution in [1.82, 2.24) is 10.2 Å². The summed E-state index contributed by atoms with van der Waals surface area (Å²) in [6.45, 7) is -0.0898. The predicted molar refractivity (Wildman–Crippen MR) is 89.3 cm³/mol. The highest BCUT2D eigenvalue weighted by atomic mass is 32.2. The third-order valence-electron chi connectivity index (χ3n) is 3.75. The molecule has 0 unspecified atom stereocenters. The minimum Gasteiger partial charge on any atom is -0.346 e. The first-order valence-corrected chi connectivity index (χ1v) is 8.77. The van der Waals surface area contributed by atoms with Gasteiger partial charge in [-0.25, -0.2) is 8.78 Å². The Labute approximate surface area is 144 Å². The molecule has 0 atom stereocenters. The van der Waals surface area contributed by atoms with Gasteiger partial charge in [-0.15, -0.1) is 11.8 Å². The summed E-state index contributed by atoms with van der Waals surface area (Å²) in [5.74, 6) is -3.48. The van der Waals surface area contributed by atoms with Crippen LogP contribution in [0.2, 0.25) is 0 Å². The number of amides is 2. The summed E-state index contributed by atoms with van der Waals surface area (Å²) in [7, 11) is 0. The minimum atomic E-state index is -3.14. The van der Waals surface area contributed by atoms with Crippen molar-refractivity contribution >= 4 is 23.6 Å². The third kappa shape index (κ3) is 5.17. The van der Waals surface area contributed by atoms with E-state index in [1.807, 2.05) is 0 Å². The van der Waals surface area contributed by atoms with Crippen molar-refractivity contribution in [2.24, 2.45) is 5.73 Å². The smallest absolute Gasteiger partial charge is 0.277 e. The van der Waals surface area contributed by atoms with Crippen LogP contribution in [0.5, 0.6) is 0 Å². The number of carbonyl (C=O) groups is 2. The molecule has 1 heterocycles. The van der Waals surface area contributed by atoms with Crippen molar-refractivity contribution in [3.63, 3.8) is 0 Å². The van der Waals surface area contributed by atoms with Crippen LogP contribution < -0.4 is 11.1 Å². The largest absolute Gasteiger partial charge is 0.346 e. The number of carbonyl (C=O) groups excluding carboxylic acids is 2. The quantitative estimate of drug-likeness (QED) is 0.729. The Kier molecular flexibility index (Phi) is 6.56. The zero-order chi connectivity index (χ0) is 17.6. The monoisotopic (exact) mass is 357 g/mol. The predicted octanol–water partition coefficient (Wildman–Crippen LogP) is 1.72. The van der Waals surface area contributed by atoms with Crippen LogP contribution in [0.3, 0.4) is 0 Å². The highest BCUT2D eigenvalue weighted by Crippen LogP contribution is 2.24. The normalized spacial score (nSPS) is 14.7. The summed E-state index contributed by atoms with van der Waals surface area (Å²) in [6, 6.07) is 6.66. The number of benzene rings is 1. The molecule has 5 nitrogen and oxygen atoms in total. The van der Waals surface area contributed by atoms with Gasteiger partial charge >= 0.3 is 0 Å². The Morgan fingerprint density at radius 2 is 1.92 bits per heavy atom. The van der Waals surface area contributed by atoms with Gasteiger partial charge in [-0.1, -0.05) is 12.1 Å². The summed E-state index contributed by atoms with van der Waals surface area (Å²) in [4.78, 5) is 26.6. The molecule has 2 amide bonds. The van der Waals surface area contributed by atoms with E-state index < -0.39 is 24.9 Å². The molecule has 8 heteroatoms. The lowest BCUT2D eigenvalue weighted by molar-refractivity contribution is -0.127. The molecule has 24 heavy (non-hydrogen) atoms. The molecular weight excluding hydrogens is 336 g/mol. The Morgan fingerprint density at radius 3 is 2.58 bits per heavy atom. The van der Waals surface area contributed by atoms with Gasteiger partial charge in [-0.2, -0.15) is 0 Å². The molecule has 3 N–H and O–H groups in total. The molecule has 1 aliphatic heterocycles. The zero-order valence-electron chi connectivity index (χ0n) is 13.3. The first kappa shape index (κ1) is 18.7. The van der Waals surface area contributed by atoms with Gasteiger partial charge in [0.2, 0.25) is 5.91 Å². The Morgan fingerprint density at radius 1 is 1.25 bits per heavy atom. The highest BCUT2D eigenvalue weighted by Gasteiger charge is 2.28. The van der Waals surface area contributed by atoms with E-state index in [4.69, 9.17) is 5.73 Å². The molecule has 1 aromatic rings. The van der Waals surface area contributed by atoms with Gasteiger partial charge in [0.05, 0.1) is 24.4 Å². The van der Waals surface area contributed by atoms with Crippen LogP contribution in [0.15, 0.2) is 29.2 Å². The summed E-state index contributed by atoms with van der Waals surface area (Å²) >= 11 is 1.25.